The predicted molar refractivity (Wildman–Crippen MR) is 278 cm³/mol. The number of fused-ring (bicyclic) bond motifs is 7. The Hall–Kier alpha value is -5.80. The van der Waals surface area contributed by atoms with E-state index < -0.39 is 0 Å². The molecule has 1 aliphatic rings. The van der Waals surface area contributed by atoms with Crippen LogP contribution in [-0.4, -0.2) is 0 Å². The largest absolute Gasteiger partial charge is 0.455 e. The number of para-hydroxylation sites is 1. The Balaban J connectivity index is 1.36. The lowest BCUT2D eigenvalue weighted by atomic mass is 9.81. The Morgan fingerprint density at radius 1 is 0.531 bits per heavy atom. The zero-order valence-corrected chi connectivity index (χ0v) is 41.5. The molecule has 0 bridgehead atoms. The lowest BCUT2D eigenvalue weighted by Gasteiger charge is -2.31. The summed E-state index contributed by atoms with van der Waals surface area (Å²) in [6, 6.07) is 45.6. The minimum Gasteiger partial charge on any atom is -0.455 e. The molecule has 0 aliphatic heterocycles. The van der Waals surface area contributed by atoms with Crippen molar-refractivity contribution in [3.05, 3.63) is 173 Å². The van der Waals surface area contributed by atoms with Gasteiger partial charge in [-0.15, -0.1) is 0 Å². The lowest BCUT2D eigenvalue weighted by molar-refractivity contribution is 0.504. The lowest BCUT2D eigenvalue weighted by Crippen LogP contribution is -2.19. The Bertz CT molecular complexity index is 2870. The van der Waals surface area contributed by atoms with Crippen LogP contribution in [0.4, 0.5) is 28.4 Å². The molecule has 7 aromatic rings. The molecule has 6 aromatic carbocycles. The Kier molecular flexibility index (Phi) is 11.0. The van der Waals surface area contributed by atoms with Crippen LogP contribution in [0, 0.1) is 5.41 Å². The van der Waals surface area contributed by atoms with Crippen LogP contribution in [0.1, 0.15) is 139 Å². The SMILES string of the molecule is C/C(=C\C=C(/C)C(C)(C)C)N(c1ccc(C(C)(C)C)cc1)c1ccc2c(c1)C(C)(C)c1cc(N(c3ccc(C(C)(C)C)cc3)c3ccc(C(C)(C)C)cc3)c3c(oc4ccccc43)c1-2. The van der Waals surface area contributed by atoms with Crippen molar-refractivity contribution in [2.24, 2.45) is 5.41 Å². The van der Waals surface area contributed by atoms with Crippen LogP contribution in [0.25, 0.3) is 33.1 Å². The zero-order chi connectivity index (χ0) is 46.3. The van der Waals surface area contributed by atoms with Gasteiger partial charge in [0.2, 0.25) is 0 Å². The van der Waals surface area contributed by atoms with E-state index in [0.717, 1.165) is 56.1 Å². The van der Waals surface area contributed by atoms with Crippen molar-refractivity contribution >= 4 is 50.4 Å². The van der Waals surface area contributed by atoms with E-state index >= 15 is 0 Å². The highest BCUT2D eigenvalue weighted by Crippen LogP contribution is 2.57. The van der Waals surface area contributed by atoms with Crippen LogP contribution in [-0.2, 0) is 21.7 Å². The smallest absolute Gasteiger partial charge is 0.145 e. The molecular weight excluding hydrogens is 777 g/mol. The van der Waals surface area contributed by atoms with E-state index in [1.807, 2.05) is 0 Å². The third-order valence-electron chi connectivity index (χ3n) is 13.8. The average Bonchev–Trinajstić information content (AvgIpc) is 3.72. The number of anilines is 5. The minimum absolute atomic E-state index is 0.0375. The van der Waals surface area contributed by atoms with Crippen LogP contribution in [0.5, 0.6) is 0 Å². The first-order valence-electron chi connectivity index (χ1n) is 23.3. The summed E-state index contributed by atoms with van der Waals surface area (Å²) in [5.74, 6) is 0. The third kappa shape index (κ3) is 8.12. The molecule has 0 atom stereocenters. The fourth-order valence-electron chi connectivity index (χ4n) is 9.25. The van der Waals surface area contributed by atoms with Gasteiger partial charge in [0.05, 0.1) is 11.1 Å². The van der Waals surface area contributed by atoms with E-state index in [-0.39, 0.29) is 27.1 Å². The highest BCUT2D eigenvalue weighted by atomic mass is 16.3. The number of allylic oxidation sites excluding steroid dienone is 4. The molecule has 330 valence electrons. The maximum atomic E-state index is 7.09. The van der Waals surface area contributed by atoms with E-state index in [1.165, 1.54) is 44.5 Å². The maximum Gasteiger partial charge on any atom is 0.145 e. The zero-order valence-electron chi connectivity index (χ0n) is 41.5. The van der Waals surface area contributed by atoms with Crippen LogP contribution in [0.2, 0.25) is 0 Å². The van der Waals surface area contributed by atoms with Crippen molar-refractivity contribution in [1.29, 1.82) is 0 Å². The second kappa shape index (κ2) is 15.7. The summed E-state index contributed by atoms with van der Waals surface area (Å²) in [6.45, 7) is 36.6. The fourth-order valence-corrected chi connectivity index (χ4v) is 9.25. The first-order chi connectivity index (χ1) is 29.9. The van der Waals surface area contributed by atoms with Crippen LogP contribution in [0.3, 0.4) is 0 Å². The molecule has 0 N–H and O–H groups in total. The summed E-state index contributed by atoms with van der Waals surface area (Å²) in [5.41, 5.74) is 18.7. The number of rotatable bonds is 7. The summed E-state index contributed by atoms with van der Waals surface area (Å²) in [5, 5.41) is 2.24. The van der Waals surface area contributed by atoms with Gasteiger partial charge in [-0.2, -0.15) is 0 Å². The standard InChI is InChI=1S/C61H70N2O/c1-39(57(3,4)5)21-22-40(2)62(44-29-23-41(24-30-44)58(6,7)8)47-35-36-48-50(37-47)61(15,16)51-38-52(55-49-19-17-18-20-53(49)64-56(55)54(48)51)63(45-31-25-42(26-32-45)59(9,10)11)46-33-27-43(28-34-46)60(12,13)14/h17-38H,1-16H3/b39-21+,40-22+. The summed E-state index contributed by atoms with van der Waals surface area (Å²) >= 11 is 0. The van der Waals surface area contributed by atoms with Crippen LogP contribution >= 0.6 is 0 Å². The molecule has 8 rings (SSSR count). The molecule has 3 nitrogen and oxygen atoms in total. The summed E-state index contributed by atoms with van der Waals surface area (Å²) in [7, 11) is 0. The maximum absolute atomic E-state index is 7.09. The number of benzene rings is 6. The second-order valence-corrected chi connectivity index (χ2v) is 22.9. The van der Waals surface area contributed by atoms with Crippen LogP contribution in [0.15, 0.2) is 149 Å². The summed E-state index contributed by atoms with van der Waals surface area (Å²) < 4.78 is 7.09. The van der Waals surface area contributed by atoms with Crippen molar-refractivity contribution in [3.8, 4) is 11.1 Å². The highest BCUT2D eigenvalue weighted by molar-refractivity contribution is 6.19. The summed E-state index contributed by atoms with van der Waals surface area (Å²) in [4.78, 5) is 4.88. The Morgan fingerprint density at radius 3 is 1.52 bits per heavy atom. The predicted octanol–water partition coefficient (Wildman–Crippen LogP) is 18.3. The number of furan rings is 1. The molecule has 1 aliphatic carbocycles. The van der Waals surface area contributed by atoms with E-state index in [4.69, 9.17) is 4.42 Å². The fraction of sp³-hybridized carbons (Fsp3) is 0.344. The van der Waals surface area contributed by atoms with Crippen molar-refractivity contribution in [1.82, 2.24) is 0 Å². The minimum atomic E-state index is -0.345. The highest BCUT2D eigenvalue weighted by Gasteiger charge is 2.40. The van der Waals surface area contributed by atoms with Gasteiger partial charge in [-0.05, 0) is 136 Å². The molecule has 1 aromatic heterocycles. The van der Waals surface area contributed by atoms with Gasteiger partial charge in [0.15, 0.2) is 0 Å². The summed E-state index contributed by atoms with van der Waals surface area (Å²) in [6.07, 6.45) is 4.57. The molecule has 1 heterocycles. The van der Waals surface area contributed by atoms with Gasteiger partial charge in [0.25, 0.3) is 0 Å². The normalized spacial score (nSPS) is 14.6. The number of hydrogen-bond acceptors (Lipinski definition) is 3. The quantitative estimate of drug-likeness (QED) is 0.149. The Morgan fingerprint density at radius 2 is 1.02 bits per heavy atom. The first-order valence-corrected chi connectivity index (χ1v) is 23.3. The van der Waals surface area contributed by atoms with Gasteiger partial charge in [0.1, 0.15) is 11.2 Å². The molecule has 0 unspecified atom stereocenters. The topological polar surface area (TPSA) is 19.6 Å². The van der Waals surface area contributed by atoms with Gasteiger partial charge < -0.3 is 14.2 Å². The number of hydrogen-bond donors (Lipinski definition) is 0. The molecule has 0 fully saturated rings. The van der Waals surface area contributed by atoms with Gasteiger partial charge in [-0.3, -0.25) is 0 Å². The van der Waals surface area contributed by atoms with Crippen molar-refractivity contribution in [3.63, 3.8) is 0 Å². The van der Waals surface area contributed by atoms with E-state index in [9.17, 15) is 0 Å². The van der Waals surface area contributed by atoms with Gasteiger partial charge in [-0.25, -0.2) is 0 Å². The molecule has 0 radical (unpaired) electrons. The second-order valence-electron chi connectivity index (χ2n) is 22.9. The number of nitrogens with zero attached hydrogens (tertiary/aromatic N) is 2. The monoisotopic (exact) mass is 847 g/mol. The first kappa shape index (κ1) is 44.8. The van der Waals surface area contributed by atoms with Gasteiger partial charge in [-0.1, -0.05) is 169 Å². The molecule has 0 saturated carbocycles. The Labute approximate surface area is 384 Å². The van der Waals surface area contributed by atoms with E-state index in [2.05, 4.69) is 254 Å². The van der Waals surface area contributed by atoms with Gasteiger partial charge >= 0.3 is 0 Å². The average molecular weight is 847 g/mol. The molecule has 0 saturated heterocycles. The molecule has 64 heavy (non-hydrogen) atoms. The molecule has 0 amide bonds. The molecular formula is C61H70N2O. The van der Waals surface area contributed by atoms with Crippen molar-refractivity contribution < 1.29 is 4.42 Å². The molecule has 3 heteroatoms. The van der Waals surface area contributed by atoms with Crippen LogP contribution < -0.4 is 9.80 Å². The van der Waals surface area contributed by atoms with Crippen molar-refractivity contribution in [2.75, 3.05) is 9.80 Å². The van der Waals surface area contributed by atoms with Crippen molar-refractivity contribution in [2.45, 2.75) is 132 Å². The van der Waals surface area contributed by atoms with E-state index in [0.29, 0.717) is 0 Å². The third-order valence-corrected chi connectivity index (χ3v) is 13.8. The van der Waals surface area contributed by atoms with E-state index in [1.54, 1.807) is 0 Å². The van der Waals surface area contributed by atoms with Gasteiger partial charge in [0, 0.05) is 44.8 Å². The molecule has 0 spiro atoms.